The van der Waals surface area contributed by atoms with Gasteiger partial charge in [-0.3, -0.25) is 0 Å². The molecule has 0 atom stereocenters. The van der Waals surface area contributed by atoms with Crippen LogP contribution in [0.25, 0.3) is 0 Å². The van der Waals surface area contributed by atoms with E-state index in [4.69, 9.17) is 5.26 Å². The van der Waals surface area contributed by atoms with Crippen molar-refractivity contribution in [1.82, 2.24) is 4.98 Å². The van der Waals surface area contributed by atoms with Gasteiger partial charge in [-0.2, -0.15) is 9.65 Å². The highest BCUT2D eigenvalue weighted by molar-refractivity contribution is 5.18. The molecule has 1 aromatic heterocycles. The quantitative estimate of drug-likeness (QED) is 0.664. The van der Waals surface area contributed by atoms with Crippen molar-refractivity contribution in [3.63, 3.8) is 0 Å². The van der Waals surface area contributed by atoms with Crippen LogP contribution < -0.4 is 0 Å². The molecule has 0 saturated carbocycles. The lowest BCUT2D eigenvalue weighted by molar-refractivity contribution is 0.145. The number of alkyl halides is 2. The molecule has 0 aliphatic rings. The van der Waals surface area contributed by atoms with Crippen molar-refractivity contribution in [2.75, 3.05) is 0 Å². The standard InChI is InChI=1S/C8H5F3N2/c9-7(10)6-2-1-5(3-4-12)13-8(6)11/h1-2,7H,3H2. The summed E-state index contributed by atoms with van der Waals surface area (Å²) >= 11 is 0. The van der Waals surface area contributed by atoms with Crippen molar-refractivity contribution in [3.8, 4) is 6.07 Å². The summed E-state index contributed by atoms with van der Waals surface area (Å²) in [5, 5.41) is 8.23. The normalized spacial score (nSPS) is 10.1. The molecule has 0 aliphatic carbocycles. The summed E-state index contributed by atoms with van der Waals surface area (Å²) in [7, 11) is 0. The first-order valence-corrected chi connectivity index (χ1v) is 3.45. The summed E-state index contributed by atoms with van der Waals surface area (Å²) in [4.78, 5) is 3.21. The van der Waals surface area contributed by atoms with Crippen molar-refractivity contribution in [2.45, 2.75) is 12.8 Å². The first-order chi connectivity index (χ1) is 6.15. The molecule has 0 saturated heterocycles. The molecule has 0 amide bonds. The van der Waals surface area contributed by atoms with Gasteiger partial charge in [0.25, 0.3) is 6.43 Å². The molecule has 0 fully saturated rings. The van der Waals surface area contributed by atoms with E-state index >= 15 is 0 Å². The molecule has 0 aliphatic heterocycles. The zero-order valence-electron chi connectivity index (χ0n) is 6.47. The Hall–Kier alpha value is -1.57. The lowest BCUT2D eigenvalue weighted by Gasteiger charge is -2.01. The summed E-state index contributed by atoms with van der Waals surface area (Å²) in [5.74, 6) is -1.21. The number of pyridine rings is 1. The molecule has 0 radical (unpaired) electrons. The molecule has 0 aromatic carbocycles. The predicted molar refractivity (Wildman–Crippen MR) is 38.5 cm³/mol. The fourth-order valence-electron chi connectivity index (χ4n) is 0.825. The highest BCUT2D eigenvalue weighted by Gasteiger charge is 2.14. The topological polar surface area (TPSA) is 36.7 Å². The maximum atomic E-state index is 12.7. The van der Waals surface area contributed by atoms with Crippen LogP contribution in [-0.2, 0) is 6.42 Å². The first-order valence-electron chi connectivity index (χ1n) is 3.45. The summed E-state index contributed by atoms with van der Waals surface area (Å²) in [6.45, 7) is 0. The third-order valence-corrected chi connectivity index (χ3v) is 1.43. The number of nitriles is 1. The molecule has 0 N–H and O–H groups in total. The predicted octanol–water partition coefficient (Wildman–Crippen LogP) is 2.22. The van der Waals surface area contributed by atoms with E-state index in [2.05, 4.69) is 4.98 Å². The van der Waals surface area contributed by atoms with Crippen LogP contribution in [0.5, 0.6) is 0 Å². The number of hydrogen-bond acceptors (Lipinski definition) is 2. The molecule has 1 rings (SSSR count). The zero-order valence-corrected chi connectivity index (χ0v) is 6.47. The van der Waals surface area contributed by atoms with Crippen LogP contribution in [-0.4, -0.2) is 4.98 Å². The monoisotopic (exact) mass is 186 g/mol. The van der Waals surface area contributed by atoms with Gasteiger partial charge in [-0.25, -0.2) is 13.8 Å². The number of hydrogen-bond donors (Lipinski definition) is 0. The first kappa shape index (κ1) is 9.52. The molecule has 5 heteroatoms. The molecule has 68 valence electrons. The Labute approximate surface area is 72.6 Å². The second-order valence-corrected chi connectivity index (χ2v) is 2.32. The minimum atomic E-state index is -2.87. The van der Waals surface area contributed by atoms with E-state index in [-0.39, 0.29) is 12.1 Å². The van der Waals surface area contributed by atoms with Gasteiger partial charge in [-0.15, -0.1) is 0 Å². The van der Waals surface area contributed by atoms with Crippen molar-refractivity contribution < 1.29 is 13.2 Å². The summed E-state index contributed by atoms with van der Waals surface area (Å²) < 4.78 is 36.7. The second kappa shape index (κ2) is 3.90. The maximum Gasteiger partial charge on any atom is 0.268 e. The van der Waals surface area contributed by atoms with Gasteiger partial charge in [0, 0.05) is 0 Å². The molecular weight excluding hydrogens is 181 g/mol. The molecule has 1 heterocycles. The lowest BCUT2D eigenvalue weighted by atomic mass is 10.2. The van der Waals surface area contributed by atoms with Crippen molar-refractivity contribution in [3.05, 3.63) is 29.3 Å². The fraction of sp³-hybridized carbons (Fsp3) is 0.250. The highest BCUT2D eigenvalue weighted by Crippen LogP contribution is 2.20. The van der Waals surface area contributed by atoms with Crippen LogP contribution >= 0.6 is 0 Å². The Morgan fingerprint density at radius 1 is 1.46 bits per heavy atom. The van der Waals surface area contributed by atoms with Crippen LogP contribution in [0.2, 0.25) is 0 Å². The SMILES string of the molecule is N#CCc1ccc(C(F)F)c(F)n1. The van der Waals surface area contributed by atoms with Crippen LogP contribution in [0.3, 0.4) is 0 Å². The van der Waals surface area contributed by atoms with Gasteiger partial charge in [0.2, 0.25) is 5.95 Å². The van der Waals surface area contributed by atoms with Gasteiger partial charge in [0.15, 0.2) is 0 Å². The Bertz CT molecular complexity index is 344. The van der Waals surface area contributed by atoms with Gasteiger partial charge in [-0.1, -0.05) is 0 Å². The van der Waals surface area contributed by atoms with Crippen LogP contribution in [0.1, 0.15) is 17.7 Å². The van der Waals surface area contributed by atoms with Gasteiger partial charge in [0.05, 0.1) is 23.7 Å². The minimum Gasteiger partial charge on any atom is -0.223 e. The molecule has 1 aromatic rings. The van der Waals surface area contributed by atoms with Crippen molar-refractivity contribution >= 4 is 0 Å². The minimum absolute atomic E-state index is 0.0829. The number of nitrogens with zero attached hydrogens (tertiary/aromatic N) is 2. The Morgan fingerprint density at radius 2 is 2.15 bits per heavy atom. The van der Waals surface area contributed by atoms with E-state index in [0.717, 1.165) is 6.07 Å². The second-order valence-electron chi connectivity index (χ2n) is 2.32. The van der Waals surface area contributed by atoms with Crippen molar-refractivity contribution in [1.29, 1.82) is 5.26 Å². The molecular formula is C8H5F3N2. The molecule has 0 spiro atoms. The van der Waals surface area contributed by atoms with E-state index in [9.17, 15) is 13.2 Å². The lowest BCUT2D eigenvalue weighted by Crippen LogP contribution is -1.98. The maximum absolute atomic E-state index is 12.7. The van der Waals surface area contributed by atoms with Crippen molar-refractivity contribution in [2.24, 2.45) is 0 Å². The Kier molecular flexibility index (Phi) is 2.85. The third-order valence-electron chi connectivity index (χ3n) is 1.43. The third kappa shape index (κ3) is 2.18. The number of aromatic nitrogens is 1. The summed E-state index contributed by atoms with van der Waals surface area (Å²) in [6.07, 6.45) is -2.95. The largest absolute Gasteiger partial charge is 0.268 e. The van der Waals surface area contributed by atoms with E-state index in [1.165, 1.54) is 6.07 Å². The highest BCUT2D eigenvalue weighted by atomic mass is 19.3. The van der Waals surface area contributed by atoms with E-state index in [1.54, 1.807) is 6.07 Å². The van der Waals surface area contributed by atoms with E-state index < -0.39 is 17.9 Å². The fourth-order valence-corrected chi connectivity index (χ4v) is 0.825. The number of rotatable bonds is 2. The average Bonchev–Trinajstić information content (AvgIpc) is 2.04. The Balaban J connectivity index is 3.00. The molecule has 0 bridgehead atoms. The van der Waals surface area contributed by atoms with Gasteiger partial charge in [-0.05, 0) is 12.1 Å². The van der Waals surface area contributed by atoms with Gasteiger partial charge >= 0.3 is 0 Å². The van der Waals surface area contributed by atoms with Gasteiger partial charge < -0.3 is 0 Å². The average molecular weight is 186 g/mol. The number of halogens is 3. The summed E-state index contributed by atoms with van der Waals surface area (Å²) in [5.41, 5.74) is -0.578. The molecule has 0 unspecified atom stereocenters. The van der Waals surface area contributed by atoms with Crippen LogP contribution in [0.4, 0.5) is 13.2 Å². The van der Waals surface area contributed by atoms with Crippen LogP contribution in [0.15, 0.2) is 12.1 Å². The summed E-state index contributed by atoms with van der Waals surface area (Å²) in [6, 6.07) is 3.90. The van der Waals surface area contributed by atoms with Crippen LogP contribution in [0, 0.1) is 17.3 Å². The smallest absolute Gasteiger partial charge is 0.223 e. The molecule has 2 nitrogen and oxygen atoms in total. The molecule has 13 heavy (non-hydrogen) atoms. The van der Waals surface area contributed by atoms with E-state index in [0.29, 0.717) is 0 Å². The Morgan fingerprint density at radius 3 is 2.62 bits per heavy atom. The zero-order chi connectivity index (χ0) is 9.84. The van der Waals surface area contributed by atoms with E-state index in [1.807, 2.05) is 0 Å². The van der Waals surface area contributed by atoms with Gasteiger partial charge in [0.1, 0.15) is 0 Å².